The van der Waals surface area contributed by atoms with E-state index >= 15 is 0 Å². The molecular weight excluding hydrogens is 392 g/mol. The van der Waals surface area contributed by atoms with Gasteiger partial charge in [0.1, 0.15) is 5.76 Å². The van der Waals surface area contributed by atoms with Crippen LogP contribution in [0.2, 0.25) is 0 Å². The third kappa shape index (κ3) is 5.46. The molecular formula is C13H22Br2N2O3. The molecule has 1 aromatic rings. The van der Waals surface area contributed by atoms with Gasteiger partial charge in [-0.2, -0.15) is 0 Å². The van der Waals surface area contributed by atoms with E-state index in [1.54, 1.807) is 14.2 Å². The Kier molecular flexibility index (Phi) is 8.99. The number of hydrogen-bond donors (Lipinski definition) is 1. The van der Waals surface area contributed by atoms with Crippen LogP contribution in [0, 0.1) is 0 Å². The predicted molar refractivity (Wildman–Crippen MR) is 85.8 cm³/mol. The Morgan fingerprint density at radius 1 is 1.25 bits per heavy atom. The SMILES string of the molecule is COCCCN(CCOC)C(CN)c1cc(Br)c(Br)o1. The number of methoxy groups -OCH3 is 2. The van der Waals surface area contributed by atoms with Crippen LogP contribution in [0.4, 0.5) is 0 Å². The normalized spacial score (nSPS) is 13.1. The molecule has 5 nitrogen and oxygen atoms in total. The molecule has 1 aromatic heterocycles. The van der Waals surface area contributed by atoms with E-state index < -0.39 is 0 Å². The van der Waals surface area contributed by atoms with Gasteiger partial charge in [-0.05, 0) is 44.3 Å². The first-order valence-electron chi connectivity index (χ1n) is 6.50. The zero-order valence-electron chi connectivity index (χ0n) is 11.9. The second-order valence-corrected chi connectivity index (χ2v) is 5.97. The summed E-state index contributed by atoms with van der Waals surface area (Å²) in [7, 11) is 3.41. The lowest BCUT2D eigenvalue weighted by Gasteiger charge is -2.29. The van der Waals surface area contributed by atoms with E-state index in [0.29, 0.717) is 17.8 Å². The summed E-state index contributed by atoms with van der Waals surface area (Å²) in [5.74, 6) is 0.847. The van der Waals surface area contributed by atoms with E-state index in [2.05, 4.69) is 36.8 Å². The fraction of sp³-hybridized carbons (Fsp3) is 0.692. The van der Waals surface area contributed by atoms with Crippen LogP contribution in [0.15, 0.2) is 19.6 Å². The molecule has 0 aliphatic heterocycles. The highest BCUT2D eigenvalue weighted by Crippen LogP contribution is 2.32. The predicted octanol–water partition coefficient (Wildman–Crippen LogP) is 2.79. The van der Waals surface area contributed by atoms with Crippen molar-refractivity contribution in [3.05, 3.63) is 21.0 Å². The minimum atomic E-state index is 0.0320. The summed E-state index contributed by atoms with van der Waals surface area (Å²) in [5, 5.41) is 0. The molecule has 7 heteroatoms. The molecule has 20 heavy (non-hydrogen) atoms. The Bertz CT molecular complexity index is 368. The Morgan fingerprint density at radius 2 is 1.95 bits per heavy atom. The molecule has 0 radical (unpaired) electrons. The largest absolute Gasteiger partial charge is 0.451 e. The van der Waals surface area contributed by atoms with Crippen molar-refractivity contribution in [1.29, 1.82) is 0 Å². The minimum absolute atomic E-state index is 0.0320. The number of nitrogens with zero attached hydrogens (tertiary/aromatic N) is 1. The van der Waals surface area contributed by atoms with Gasteiger partial charge >= 0.3 is 0 Å². The summed E-state index contributed by atoms with van der Waals surface area (Å²) < 4.78 is 17.6. The summed E-state index contributed by atoms with van der Waals surface area (Å²) in [5.41, 5.74) is 5.94. The lowest BCUT2D eigenvalue weighted by Crippen LogP contribution is -2.37. The summed E-state index contributed by atoms with van der Waals surface area (Å²) in [6.45, 7) is 3.56. The van der Waals surface area contributed by atoms with Gasteiger partial charge < -0.3 is 19.6 Å². The molecule has 0 aromatic carbocycles. The molecule has 0 bridgehead atoms. The second kappa shape index (κ2) is 9.92. The third-order valence-electron chi connectivity index (χ3n) is 3.03. The number of furan rings is 1. The average molecular weight is 414 g/mol. The molecule has 1 atom stereocenters. The van der Waals surface area contributed by atoms with E-state index in [9.17, 15) is 0 Å². The Labute approximate surface area is 137 Å². The van der Waals surface area contributed by atoms with Crippen LogP contribution < -0.4 is 5.73 Å². The fourth-order valence-electron chi connectivity index (χ4n) is 2.02. The van der Waals surface area contributed by atoms with Crippen molar-refractivity contribution in [2.45, 2.75) is 12.5 Å². The van der Waals surface area contributed by atoms with Crippen LogP contribution in [0.3, 0.4) is 0 Å². The van der Waals surface area contributed by atoms with Crippen molar-refractivity contribution in [2.24, 2.45) is 5.73 Å². The molecule has 116 valence electrons. The van der Waals surface area contributed by atoms with Crippen molar-refractivity contribution >= 4 is 31.9 Å². The first-order valence-corrected chi connectivity index (χ1v) is 8.09. The molecule has 1 unspecified atom stereocenters. The summed E-state index contributed by atoms with van der Waals surface area (Å²) in [6.07, 6.45) is 0.944. The standard InChI is InChI=1S/C13H22Br2N2O3/c1-18-6-3-4-17(5-7-19-2)11(9-16)12-8-10(14)13(15)20-12/h8,11H,3-7,9,16H2,1-2H3. The smallest absolute Gasteiger partial charge is 0.183 e. The van der Waals surface area contributed by atoms with Gasteiger partial charge in [-0.3, -0.25) is 4.90 Å². The minimum Gasteiger partial charge on any atom is -0.451 e. The molecule has 1 heterocycles. The highest BCUT2D eigenvalue weighted by molar-refractivity contribution is 9.13. The average Bonchev–Trinajstić information content (AvgIpc) is 2.76. The molecule has 0 aliphatic rings. The van der Waals surface area contributed by atoms with Crippen LogP contribution in [-0.4, -0.2) is 52.0 Å². The van der Waals surface area contributed by atoms with Gasteiger partial charge in [0.25, 0.3) is 0 Å². The maximum Gasteiger partial charge on any atom is 0.183 e. The first-order chi connectivity index (χ1) is 9.63. The van der Waals surface area contributed by atoms with Gasteiger partial charge in [0.15, 0.2) is 4.67 Å². The highest BCUT2D eigenvalue weighted by Gasteiger charge is 2.23. The lowest BCUT2D eigenvalue weighted by atomic mass is 10.1. The summed E-state index contributed by atoms with van der Waals surface area (Å²) >= 11 is 6.80. The fourth-order valence-corrected chi connectivity index (χ4v) is 2.62. The third-order valence-corrected chi connectivity index (χ3v) is 4.74. The van der Waals surface area contributed by atoms with Gasteiger partial charge in [-0.1, -0.05) is 0 Å². The van der Waals surface area contributed by atoms with E-state index in [4.69, 9.17) is 19.6 Å². The molecule has 2 N–H and O–H groups in total. The van der Waals surface area contributed by atoms with Gasteiger partial charge in [-0.25, -0.2) is 0 Å². The molecule has 0 spiro atoms. The highest BCUT2D eigenvalue weighted by atomic mass is 79.9. The maximum absolute atomic E-state index is 5.94. The van der Waals surface area contributed by atoms with Crippen LogP contribution in [0.1, 0.15) is 18.2 Å². The molecule has 0 fully saturated rings. The zero-order chi connectivity index (χ0) is 15.0. The summed E-state index contributed by atoms with van der Waals surface area (Å²) in [4.78, 5) is 2.26. The number of rotatable bonds is 10. The van der Waals surface area contributed by atoms with E-state index in [1.165, 1.54) is 0 Å². The van der Waals surface area contributed by atoms with Crippen LogP contribution >= 0.6 is 31.9 Å². The monoisotopic (exact) mass is 412 g/mol. The Hall–Kier alpha value is 0.0800. The van der Waals surface area contributed by atoms with Crippen molar-refractivity contribution in [3.63, 3.8) is 0 Å². The number of nitrogens with two attached hydrogens (primary N) is 1. The zero-order valence-corrected chi connectivity index (χ0v) is 15.1. The van der Waals surface area contributed by atoms with Crippen molar-refractivity contribution in [1.82, 2.24) is 4.90 Å². The van der Waals surface area contributed by atoms with Crippen LogP contribution in [0.25, 0.3) is 0 Å². The number of ether oxygens (including phenoxy) is 2. The Balaban J connectivity index is 2.77. The van der Waals surface area contributed by atoms with Crippen LogP contribution in [0.5, 0.6) is 0 Å². The van der Waals surface area contributed by atoms with Crippen molar-refractivity contribution < 1.29 is 13.9 Å². The lowest BCUT2D eigenvalue weighted by molar-refractivity contribution is 0.0999. The number of hydrogen-bond acceptors (Lipinski definition) is 5. The van der Waals surface area contributed by atoms with Crippen molar-refractivity contribution in [3.8, 4) is 0 Å². The van der Waals surface area contributed by atoms with E-state index in [-0.39, 0.29) is 6.04 Å². The number of halogens is 2. The topological polar surface area (TPSA) is 60.9 Å². The maximum atomic E-state index is 5.94. The molecule has 0 saturated carbocycles. The Morgan fingerprint density at radius 3 is 2.45 bits per heavy atom. The molecule has 0 amide bonds. The van der Waals surface area contributed by atoms with Crippen molar-refractivity contribution in [2.75, 3.05) is 47.1 Å². The summed E-state index contributed by atoms with van der Waals surface area (Å²) in [6, 6.07) is 1.99. The van der Waals surface area contributed by atoms with E-state index in [1.807, 2.05) is 6.07 Å². The van der Waals surface area contributed by atoms with Gasteiger partial charge in [0.2, 0.25) is 0 Å². The van der Waals surface area contributed by atoms with Crippen LogP contribution in [-0.2, 0) is 9.47 Å². The quantitative estimate of drug-likeness (QED) is 0.597. The van der Waals surface area contributed by atoms with Gasteiger partial charge in [0.05, 0.1) is 17.1 Å². The van der Waals surface area contributed by atoms with Gasteiger partial charge in [0, 0.05) is 40.5 Å². The molecule has 1 rings (SSSR count). The molecule has 0 aliphatic carbocycles. The first kappa shape index (κ1) is 18.1. The molecule has 0 saturated heterocycles. The van der Waals surface area contributed by atoms with E-state index in [0.717, 1.165) is 36.4 Å². The second-order valence-electron chi connectivity index (χ2n) is 4.40. The van der Waals surface area contributed by atoms with Gasteiger partial charge in [-0.15, -0.1) is 0 Å².